The standard InChI is InChI=1S/C6H9F3N2/c7-6(8,9)11-3-4-1-5(11)2-10-4/h4-5,10H,1-3H2/t4-,5-/m1/s1. The van der Waals surface area contributed by atoms with Crippen LogP contribution in [0.5, 0.6) is 0 Å². The quantitative estimate of drug-likeness (QED) is 0.529. The molecule has 2 bridgehead atoms. The van der Waals surface area contributed by atoms with Gasteiger partial charge >= 0.3 is 6.30 Å². The lowest BCUT2D eigenvalue weighted by molar-refractivity contribution is -0.252. The van der Waals surface area contributed by atoms with Crippen molar-refractivity contribution in [2.45, 2.75) is 24.8 Å². The van der Waals surface area contributed by atoms with Crippen LogP contribution in [0.25, 0.3) is 0 Å². The second-order valence-electron chi connectivity index (χ2n) is 3.11. The molecule has 0 amide bonds. The minimum absolute atomic E-state index is 0.0709. The molecule has 2 heterocycles. The van der Waals surface area contributed by atoms with Crippen molar-refractivity contribution in [1.82, 2.24) is 10.2 Å². The number of fused-ring (bicyclic) bond motifs is 2. The van der Waals surface area contributed by atoms with Crippen LogP contribution >= 0.6 is 0 Å². The van der Waals surface area contributed by atoms with Gasteiger partial charge in [0.1, 0.15) is 0 Å². The zero-order chi connectivity index (χ0) is 8.06. The summed E-state index contributed by atoms with van der Waals surface area (Å²) in [4.78, 5) is 0.633. The Bertz CT molecular complexity index is 168. The number of piperazine rings is 1. The first-order valence-corrected chi connectivity index (χ1v) is 3.64. The Hall–Kier alpha value is -0.290. The van der Waals surface area contributed by atoms with Gasteiger partial charge in [-0.25, -0.2) is 4.90 Å². The fourth-order valence-electron chi connectivity index (χ4n) is 1.87. The first-order chi connectivity index (χ1) is 5.07. The maximum absolute atomic E-state index is 12.1. The van der Waals surface area contributed by atoms with Crippen molar-refractivity contribution in [3.05, 3.63) is 0 Å². The summed E-state index contributed by atoms with van der Waals surface area (Å²) >= 11 is 0. The summed E-state index contributed by atoms with van der Waals surface area (Å²) in [6.07, 6.45) is -3.47. The highest BCUT2D eigenvalue weighted by molar-refractivity contribution is 4.97. The molecule has 0 unspecified atom stereocenters. The van der Waals surface area contributed by atoms with Crippen molar-refractivity contribution in [2.75, 3.05) is 13.1 Å². The smallest absolute Gasteiger partial charge is 0.311 e. The Morgan fingerprint density at radius 3 is 2.36 bits per heavy atom. The summed E-state index contributed by atoms with van der Waals surface area (Å²) in [7, 11) is 0. The molecule has 2 fully saturated rings. The normalized spacial score (nSPS) is 38.5. The van der Waals surface area contributed by atoms with E-state index in [0.29, 0.717) is 17.9 Å². The van der Waals surface area contributed by atoms with Crippen LogP contribution in [0.2, 0.25) is 0 Å². The van der Waals surface area contributed by atoms with Gasteiger partial charge in [-0.2, -0.15) is 13.2 Å². The van der Waals surface area contributed by atoms with E-state index in [1.54, 1.807) is 0 Å². The van der Waals surface area contributed by atoms with Gasteiger partial charge in [0.2, 0.25) is 0 Å². The molecule has 1 N–H and O–H groups in total. The van der Waals surface area contributed by atoms with Crippen molar-refractivity contribution in [3.63, 3.8) is 0 Å². The molecule has 0 spiro atoms. The van der Waals surface area contributed by atoms with Gasteiger partial charge in [-0.05, 0) is 6.42 Å². The molecule has 11 heavy (non-hydrogen) atoms. The van der Waals surface area contributed by atoms with E-state index >= 15 is 0 Å². The van der Waals surface area contributed by atoms with Crippen LogP contribution in [0.1, 0.15) is 6.42 Å². The van der Waals surface area contributed by atoms with Gasteiger partial charge in [-0.15, -0.1) is 0 Å². The van der Waals surface area contributed by atoms with Gasteiger partial charge in [-0.3, -0.25) is 0 Å². The topological polar surface area (TPSA) is 15.3 Å². The first-order valence-electron chi connectivity index (χ1n) is 3.64. The fourth-order valence-corrected chi connectivity index (χ4v) is 1.87. The predicted molar refractivity (Wildman–Crippen MR) is 33.0 cm³/mol. The van der Waals surface area contributed by atoms with E-state index < -0.39 is 6.30 Å². The van der Waals surface area contributed by atoms with Crippen molar-refractivity contribution in [3.8, 4) is 0 Å². The van der Waals surface area contributed by atoms with Crippen molar-refractivity contribution in [2.24, 2.45) is 0 Å². The number of nitrogens with one attached hydrogen (secondary N) is 1. The van der Waals surface area contributed by atoms with Crippen LogP contribution in [-0.2, 0) is 0 Å². The molecule has 2 atom stereocenters. The average molecular weight is 166 g/mol. The van der Waals surface area contributed by atoms with Crippen molar-refractivity contribution >= 4 is 0 Å². The van der Waals surface area contributed by atoms with Gasteiger partial charge in [0, 0.05) is 25.2 Å². The number of hydrogen-bond acceptors (Lipinski definition) is 2. The highest BCUT2D eigenvalue weighted by Crippen LogP contribution is 2.33. The van der Waals surface area contributed by atoms with Gasteiger partial charge < -0.3 is 5.32 Å². The van der Waals surface area contributed by atoms with Crippen LogP contribution in [0.15, 0.2) is 0 Å². The largest absolute Gasteiger partial charge is 0.460 e. The molecule has 0 aliphatic carbocycles. The summed E-state index contributed by atoms with van der Waals surface area (Å²) in [5.74, 6) is 0. The molecule has 0 aromatic rings. The third-order valence-corrected chi connectivity index (χ3v) is 2.38. The molecular formula is C6H9F3N2. The van der Waals surface area contributed by atoms with E-state index in [1.807, 2.05) is 0 Å². The number of halogens is 3. The maximum Gasteiger partial charge on any atom is 0.460 e. The molecule has 0 aromatic carbocycles. The lowest BCUT2D eigenvalue weighted by Crippen LogP contribution is -2.50. The summed E-state index contributed by atoms with van der Waals surface area (Å²) in [5.41, 5.74) is 0. The van der Waals surface area contributed by atoms with Crippen molar-refractivity contribution in [1.29, 1.82) is 0 Å². The van der Waals surface area contributed by atoms with Crippen LogP contribution < -0.4 is 5.32 Å². The molecule has 64 valence electrons. The van der Waals surface area contributed by atoms with E-state index in [9.17, 15) is 13.2 Å². The zero-order valence-corrected chi connectivity index (χ0v) is 5.86. The minimum Gasteiger partial charge on any atom is -0.311 e. The van der Waals surface area contributed by atoms with Crippen molar-refractivity contribution < 1.29 is 13.2 Å². The highest BCUT2D eigenvalue weighted by Gasteiger charge is 2.50. The number of nitrogens with zero attached hydrogens (tertiary/aromatic N) is 1. The van der Waals surface area contributed by atoms with E-state index in [0.717, 1.165) is 0 Å². The number of rotatable bonds is 0. The molecule has 2 aliphatic heterocycles. The average Bonchev–Trinajstić information content (AvgIpc) is 2.42. The third-order valence-electron chi connectivity index (χ3n) is 2.38. The molecule has 0 aromatic heterocycles. The van der Waals surface area contributed by atoms with E-state index in [2.05, 4.69) is 5.32 Å². The first kappa shape index (κ1) is 7.36. The maximum atomic E-state index is 12.1. The molecule has 2 nitrogen and oxygen atoms in total. The SMILES string of the molecule is FC(F)(F)N1C[C@H]2C[C@@H]1CN2. The highest BCUT2D eigenvalue weighted by atomic mass is 19.4. The summed E-state index contributed by atoms with van der Waals surface area (Å²) in [6.45, 7) is 0.623. The number of hydrogen-bond donors (Lipinski definition) is 1. The molecule has 2 rings (SSSR count). The Kier molecular flexibility index (Phi) is 1.41. The third kappa shape index (κ3) is 1.12. The Labute approximate surface area is 62.4 Å². The minimum atomic E-state index is -4.12. The monoisotopic (exact) mass is 166 g/mol. The lowest BCUT2D eigenvalue weighted by atomic mass is 10.2. The van der Waals surface area contributed by atoms with E-state index in [-0.39, 0.29) is 18.6 Å². The van der Waals surface area contributed by atoms with Gasteiger partial charge in [0.25, 0.3) is 0 Å². The zero-order valence-electron chi connectivity index (χ0n) is 5.86. The van der Waals surface area contributed by atoms with Gasteiger partial charge in [-0.1, -0.05) is 0 Å². The Morgan fingerprint density at radius 1 is 1.36 bits per heavy atom. The molecule has 5 heteroatoms. The van der Waals surface area contributed by atoms with Crippen LogP contribution in [0.3, 0.4) is 0 Å². The second kappa shape index (κ2) is 2.10. The number of alkyl halides is 3. The van der Waals surface area contributed by atoms with Crippen LogP contribution in [0, 0.1) is 0 Å². The molecule has 2 aliphatic rings. The Balaban J connectivity index is 2.08. The summed E-state index contributed by atoms with van der Waals surface area (Å²) < 4.78 is 36.3. The Morgan fingerprint density at radius 2 is 2.09 bits per heavy atom. The van der Waals surface area contributed by atoms with Crippen LogP contribution in [-0.4, -0.2) is 36.4 Å². The van der Waals surface area contributed by atoms with Gasteiger partial charge in [0.15, 0.2) is 0 Å². The van der Waals surface area contributed by atoms with Gasteiger partial charge in [0.05, 0.1) is 0 Å². The van der Waals surface area contributed by atoms with E-state index in [4.69, 9.17) is 0 Å². The second-order valence-corrected chi connectivity index (χ2v) is 3.11. The number of likely N-dealkylation sites (tertiary alicyclic amines) is 1. The lowest BCUT2D eigenvalue weighted by Gasteiger charge is -2.28. The molecular weight excluding hydrogens is 157 g/mol. The fraction of sp³-hybridized carbons (Fsp3) is 1.00. The summed E-state index contributed by atoms with van der Waals surface area (Å²) in [6, 6.07) is -0.235. The molecule has 2 saturated heterocycles. The molecule has 0 saturated carbocycles. The van der Waals surface area contributed by atoms with Crippen LogP contribution in [0.4, 0.5) is 13.2 Å². The molecule has 0 radical (unpaired) electrons. The summed E-state index contributed by atoms with van der Waals surface area (Å²) in [5, 5.41) is 3.02. The predicted octanol–water partition coefficient (Wildman–Crippen LogP) is 0.552. The van der Waals surface area contributed by atoms with E-state index in [1.165, 1.54) is 0 Å².